The van der Waals surface area contributed by atoms with Crippen LogP contribution in [0.15, 0.2) is 29.3 Å². The van der Waals surface area contributed by atoms with Gasteiger partial charge < -0.3 is 20.3 Å². The number of hydrogen-bond donors (Lipinski definition) is 2. The lowest BCUT2D eigenvalue weighted by atomic mass is 9.98. The Morgan fingerprint density at radius 2 is 1.79 bits per heavy atom. The van der Waals surface area contributed by atoms with Crippen molar-refractivity contribution in [3.05, 3.63) is 35.4 Å². The van der Waals surface area contributed by atoms with Crippen molar-refractivity contribution in [3.63, 3.8) is 0 Å². The van der Waals surface area contributed by atoms with E-state index in [4.69, 9.17) is 4.74 Å². The molecule has 1 aliphatic rings. The molecule has 0 spiro atoms. The first-order valence-corrected chi connectivity index (χ1v) is 11.1. The molecule has 2 rings (SSSR count). The maximum Gasteiger partial charge on any atom is 0.253 e. The van der Waals surface area contributed by atoms with Crippen LogP contribution in [0.2, 0.25) is 0 Å². The molecule has 0 heterocycles. The van der Waals surface area contributed by atoms with Crippen molar-refractivity contribution in [2.75, 3.05) is 33.3 Å². The number of rotatable bonds is 10. The van der Waals surface area contributed by atoms with Gasteiger partial charge in [-0.15, -0.1) is 0 Å². The van der Waals surface area contributed by atoms with E-state index in [0.29, 0.717) is 12.6 Å². The number of nitrogens with one attached hydrogen (secondary N) is 2. The van der Waals surface area contributed by atoms with Gasteiger partial charge in [0.25, 0.3) is 5.91 Å². The Balaban J connectivity index is 1.67. The fraction of sp³-hybridized carbons (Fsp3) is 0.652. The Labute approximate surface area is 176 Å². The summed E-state index contributed by atoms with van der Waals surface area (Å²) < 4.78 is 5.96. The van der Waals surface area contributed by atoms with Crippen molar-refractivity contribution in [3.8, 4) is 0 Å². The quantitative estimate of drug-likeness (QED) is 0.357. The van der Waals surface area contributed by atoms with Gasteiger partial charge in [-0.05, 0) is 50.8 Å². The second-order valence-electron chi connectivity index (χ2n) is 7.51. The first kappa shape index (κ1) is 23.2. The van der Waals surface area contributed by atoms with Crippen LogP contribution in [0.5, 0.6) is 0 Å². The van der Waals surface area contributed by atoms with Gasteiger partial charge in [0.2, 0.25) is 0 Å². The Kier molecular flexibility index (Phi) is 10.6. The van der Waals surface area contributed by atoms with Crippen LogP contribution in [0, 0.1) is 0 Å². The van der Waals surface area contributed by atoms with Crippen molar-refractivity contribution in [2.24, 2.45) is 4.99 Å². The Morgan fingerprint density at radius 1 is 1.10 bits per heavy atom. The SMILES string of the molecule is CCN(CC)C(=O)c1ccc(CNC(=NC)NCCCOC2CCCCC2)cc1. The van der Waals surface area contributed by atoms with Crippen molar-refractivity contribution < 1.29 is 9.53 Å². The highest BCUT2D eigenvalue weighted by molar-refractivity contribution is 5.94. The zero-order chi connectivity index (χ0) is 20.9. The highest BCUT2D eigenvalue weighted by atomic mass is 16.5. The minimum atomic E-state index is 0.0856. The van der Waals surface area contributed by atoms with Gasteiger partial charge in [0.05, 0.1) is 6.10 Å². The average molecular weight is 403 g/mol. The smallest absolute Gasteiger partial charge is 0.253 e. The number of ether oxygens (including phenoxy) is 1. The van der Waals surface area contributed by atoms with Crippen LogP contribution >= 0.6 is 0 Å². The zero-order valence-corrected chi connectivity index (χ0v) is 18.4. The molecule has 6 nitrogen and oxygen atoms in total. The molecule has 0 atom stereocenters. The number of nitrogens with zero attached hydrogens (tertiary/aromatic N) is 2. The largest absolute Gasteiger partial charge is 0.378 e. The molecule has 0 unspecified atom stereocenters. The summed E-state index contributed by atoms with van der Waals surface area (Å²) in [6.45, 7) is 7.76. The van der Waals surface area contributed by atoms with Crippen molar-refractivity contribution in [1.29, 1.82) is 0 Å². The van der Waals surface area contributed by atoms with E-state index >= 15 is 0 Å². The summed E-state index contributed by atoms with van der Waals surface area (Å²) in [5.41, 5.74) is 1.85. The second kappa shape index (κ2) is 13.2. The predicted octanol–water partition coefficient (Wildman–Crippen LogP) is 3.57. The van der Waals surface area contributed by atoms with Crippen molar-refractivity contribution >= 4 is 11.9 Å². The Bertz CT molecular complexity index is 620. The molecule has 1 aromatic carbocycles. The summed E-state index contributed by atoms with van der Waals surface area (Å²) in [6, 6.07) is 7.79. The van der Waals surface area contributed by atoms with Gasteiger partial charge in [-0.25, -0.2) is 0 Å². The maximum absolute atomic E-state index is 12.4. The number of guanidine groups is 1. The van der Waals surface area contributed by atoms with E-state index in [2.05, 4.69) is 15.6 Å². The van der Waals surface area contributed by atoms with E-state index in [9.17, 15) is 4.79 Å². The zero-order valence-electron chi connectivity index (χ0n) is 18.4. The second-order valence-corrected chi connectivity index (χ2v) is 7.51. The maximum atomic E-state index is 12.4. The van der Waals surface area contributed by atoms with Crippen molar-refractivity contribution in [1.82, 2.24) is 15.5 Å². The molecule has 29 heavy (non-hydrogen) atoms. The Hall–Kier alpha value is -2.08. The third-order valence-corrected chi connectivity index (χ3v) is 5.45. The summed E-state index contributed by atoms with van der Waals surface area (Å²) in [5.74, 6) is 0.869. The van der Waals surface area contributed by atoms with E-state index in [1.165, 1.54) is 32.1 Å². The average Bonchev–Trinajstić information content (AvgIpc) is 2.77. The molecule has 6 heteroatoms. The van der Waals surface area contributed by atoms with Crippen LogP contribution in [0.4, 0.5) is 0 Å². The third-order valence-electron chi connectivity index (χ3n) is 5.45. The minimum Gasteiger partial charge on any atom is -0.378 e. The summed E-state index contributed by atoms with van der Waals surface area (Å²) in [4.78, 5) is 18.5. The van der Waals surface area contributed by atoms with E-state index < -0.39 is 0 Å². The fourth-order valence-electron chi connectivity index (χ4n) is 3.63. The van der Waals surface area contributed by atoms with Gasteiger partial charge in [0, 0.05) is 45.4 Å². The van der Waals surface area contributed by atoms with Crippen LogP contribution in [-0.2, 0) is 11.3 Å². The highest BCUT2D eigenvalue weighted by Crippen LogP contribution is 2.20. The molecule has 0 aromatic heterocycles. The molecule has 1 saturated carbocycles. The molecule has 1 aromatic rings. The highest BCUT2D eigenvalue weighted by Gasteiger charge is 2.13. The van der Waals surface area contributed by atoms with Crippen LogP contribution in [-0.4, -0.2) is 56.2 Å². The number of amides is 1. The van der Waals surface area contributed by atoms with Crippen molar-refractivity contribution in [2.45, 2.75) is 65.0 Å². The number of aliphatic imine (C=N–C) groups is 1. The lowest BCUT2D eigenvalue weighted by Crippen LogP contribution is -2.37. The number of hydrogen-bond acceptors (Lipinski definition) is 3. The van der Waals surface area contributed by atoms with Crippen LogP contribution in [0.1, 0.15) is 68.3 Å². The number of carbonyl (C=O) groups excluding carboxylic acids is 1. The van der Waals surface area contributed by atoms with E-state index in [1.54, 1.807) is 7.05 Å². The summed E-state index contributed by atoms with van der Waals surface area (Å²) in [7, 11) is 1.78. The standard InChI is InChI=1S/C23H38N4O2/c1-4-27(5-2)22(28)20-14-12-19(13-15-20)18-26-23(24-3)25-16-9-17-29-21-10-7-6-8-11-21/h12-15,21H,4-11,16-18H2,1-3H3,(H2,24,25,26). The molecule has 1 aliphatic carbocycles. The lowest BCUT2D eigenvalue weighted by molar-refractivity contribution is 0.0277. The monoisotopic (exact) mass is 402 g/mol. The van der Waals surface area contributed by atoms with Crippen LogP contribution in [0.25, 0.3) is 0 Å². The normalized spacial score (nSPS) is 15.2. The molecule has 162 valence electrons. The van der Waals surface area contributed by atoms with Gasteiger partial charge in [-0.3, -0.25) is 9.79 Å². The fourth-order valence-corrected chi connectivity index (χ4v) is 3.63. The van der Waals surface area contributed by atoms with Gasteiger partial charge in [0.15, 0.2) is 5.96 Å². The number of carbonyl (C=O) groups is 1. The predicted molar refractivity (Wildman–Crippen MR) is 119 cm³/mol. The summed E-state index contributed by atoms with van der Waals surface area (Å²) in [6.07, 6.45) is 7.86. The van der Waals surface area contributed by atoms with E-state index in [1.807, 2.05) is 43.0 Å². The van der Waals surface area contributed by atoms with Gasteiger partial charge >= 0.3 is 0 Å². The lowest BCUT2D eigenvalue weighted by Gasteiger charge is -2.22. The molecule has 0 aliphatic heterocycles. The third kappa shape index (κ3) is 8.05. The first-order valence-electron chi connectivity index (χ1n) is 11.1. The van der Waals surface area contributed by atoms with Crippen LogP contribution in [0.3, 0.4) is 0 Å². The van der Waals surface area contributed by atoms with Gasteiger partial charge in [0.1, 0.15) is 0 Å². The number of benzene rings is 1. The summed E-state index contributed by atoms with van der Waals surface area (Å²) in [5, 5.41) is 6.66. The molecule has 1 amide bonds. The Morgan fingerprint density at radius 3 is 2.41 bits per heavy atom. The first-order chi connectivity index (χ1) is 14.2. The van der Waals surface area contributed by atoms with Gasteiger partial charge in [-0.2, -0.15) is 0 Å². The molecule has 0 radical (unpaired) electrons. The van der Waals surface area contributed by atoms with Crippen LogP contribution < -0.4 is 10.6 Å². The minimum absolute atomic E-state index is 0.0856. The molecular weight excluding hydrogens is 364 g/mol. The summed E-state index contributed by atoms with van der Waals surface area (Å²) >= 11 is 0. The van der Waals surface area contributed by atoms with Gasteiger partial charge in [-0.1, -0.05) is 31.4 Å². The van der Waals surface area contributed by atoms with E-state index in [-0.39, 0.29) is 5.91 Å². The molecular formula is C23H38N4O2. The molecule has 0 bridgehead atoms. The molecule has 1 fully saturated rings. The molecule has 0 saturated heterocycles. The van der Waals surface area contributed by atoms with E-state index in [0.717, 1.165) is 49.7 Å². The topological polar surface area (TPSA) is 66.0 Å². The molecule has 2 N–H and O–H groups in total.